The number of hydrogen-bond donors (Lipinski definition) is 1. The van der Waals surface area contributed by atoms with E-state index >= 15 is 0 Å². The van der Waals surface area contributed by atoms with Crippen molar-refractivity contribution in [3.05, 3.63) is 120 Å². The zero-order valence-electron chi connectivity index (χ0n) is 24.6. The van der Waals surface area contributed by atoms with E-state index in [1.807, 2.05) is 74.5 Å². The molecule has 0 aromatic heterocycles. The molecule has 0 unspecified atom stereocenters. The Kier molecular flexibility index (Phi) is 10.6. The van der Waals surface area contributed by atoms with Crippen molar-refractivity contribution in [2.24, 2.45) is 0 Å². The minimum Gasteiger partial charge on any atom is -0.457 e. The van der Waals surface area contributed by atoms with Gasteiger partial charge in [0.2, 0.25) is 11.8 Å². The van der Waals surface area contributed by atoms with Crippen molar-refractivity contribution >= 4 is 27.5 Å². The summed E-state index contributed by atoms with van der Waals surface area (Å²) in [5.41, 5.74) is 2.21. The van der Waals surface area contributed by atoms with Crippen LogP contribution in [0.2, 0.25) is 0 Å². The normalized spacial score (nSPS) is 11.8. The Bertz CT molecular complexity index is 1590. The highest BCUT2D eigenvalue weighted by atomic mass is 32.2. The number of hydrogen-bond acceptors (Lipinski definition) is 5. The second kappa shape index (κ2) is 14.5. The second-order valence-corrected chi connectivity index (χ2v) is 12.0. The van der Waals surface area contributed by atoms with E-state index in [2.05, 4.69) is 5.32 Å². The first-order chi connectivity index (χ1) is 20.7. The summed E-state index contributed by atoms with van der Waals surface area (Å²) >= 11 is 0. The molecule has 0 aliphatic heterocycles. The number of carbonyl (C=O) groups is 2. The molecule has 0 radical (unpaired) electrons. The zero-order chi connectivity index (χ0) is 30.8. The smallest absolute Gasteiger partial charge is 0.264 e. The van der Waals surface area contributed by atoms with Gasteiger partial charge in [-0.15, -0.1) is 0 Å². The lowest BCUT2D eigenvalue weighted by molar-refractivity contribution is -0.139. The molecule has 4 rings (SSSR count). The van der Waals surface area contributed by atoms with Gasteiger partial charge in [0.15, 0.2) is 0 Å². The van der Waals surface area contributed by atoms with E-state index < -0.39 is 28.5 Å². The fourth-order valence-electron chi connectivity index (χ4n) is 4.73. The van der Waals surface area contributed by atoms with Crippen LogP contribution in [0, 0.1) is 6.92 Å². The van der Waals surface area contributed by atoms with E-state index in [1.54, 1.807) is 36.4 Å². The molecule has 43 heavy (non-hydrogen) atoms. The van der Waals surface area contributed by atoms with Crippen molar-refractivity contribution in [2.75, 3.05) is 24.4 Å². The second-order valence-electron chi connectivity index (χ2n) is 10.1. The van der Waals surface area contributed by atoms with Crippen molar-refractivity contribution in [2.45, 2.75) is 37.6 Å². The van der Waals surface area contributed by atoms with Crippen LogP contribution in [0.3, 0.4) is 0 Å². The highest BCUT2D eigenvalue weighted by Crippen LogP contribution is 2.28. The number of anilines is 1. The van der Waals surface area contributed by atoms with Crippen LogP contribution >= 0.6 is 0 Å². The molecular formula is C34H37N3O5S. The van der Waals surface area contributed by atoms with Crippen LogP contribution in [-0.4, -0.2) is 51.3 Å². The first kappa shape index (κ1) is 31.3. The van der Waals surface area contributed by atoms with E-state index in [1.165, 1.54) is 24.1 Å². The van der Waals surface area contributed by atoms with Crippen LogP contribution in [0.5, 0.6) is 11.5 Å². The maximum Gasteiger partial charge on any atom is 0.264 e. The summed E-state index contributed by atoms with van der Waals surface area (Å²) in [5, 5.41) is 2.64. The van der Waals surface area contributed by atoms with Crippen LogP contribution < -0.4 is 14.4 Å². The molecule has 0 bridgehead atoms. The highest BCUT2D eigenvalue weighted by Gasteiger charge is 2.33. The summed E-state index contributed by atoms with van der Waals surface area (Å²) in [5.74, 6) is 0.374. The molecule has 2 amide bonds. The van der Waals surface area contributed by atoms with Gasteiger partial charge >= 0.3 is 0 Å². The predicted molar refractivity (Wildman–Crippen MR) is 169 cm³/mol. The van der Waals surface area contributed by atoms with Crippen molar-refractivity contribution in [3.8, 4) is 11.5 Å². The van der Waals surface area contributed by atoms with Gasteiger partial charge in [-0.1, -0.05) is 73.2 Å². The number of carbonyl (C=O) groups excluding carboxylic acids is 2. The molecule has 1 atom stereocenters. The maximum atomic E-state index is 14.0. The lowest BCUT2D eigenvalue weighted by Crippen LogP contribution is -2.52. The minimum atomic E-state index is -4.15. The summed E-state index contributed by atoms with van der Waals surface area (Å²) in [4.78, 5) is 28.4. The van der Waals surface area contributed by atoms with Gasteiger partial charge in [0.05, 0.1) is 10.6 Å². The molecule has 0 spiro atoms. The van der Waals surface area contributed by atoms with Gasteiger partial charge in [-0.25, -0.2) is 8.42 Å². The molecule has 224 valence electrons. The summed E-state index contributed by atoms with van der Waals surface area (Å²) in [6, 6.07) is 31.2. The fourth-order valence-corrected chi connectivity index (χ4v) is 6.15. The van der Waals surface area contributed by atoms with E-state index in [4.69, 9.17) is 4.74 Å². The van der Waals surface area contributed by atoms with Gasteiger partial charge in [0, 0.05) is 13.6 Å². The third-order valence-corrected chi connectivity index (χ3v) is 8.90. The number of aryl methyl sites for hydroxylation is 1. The Labute approximate surface area is 254 Å². The molecule has 0 heterocycles. The number of rotatable bonds is 13. The summed E-state index contributed by atoms with van der Waals surface area (Å²) in [6.45, 7) is 3.46. The predicted octanol–water partition coefficient (Wildman–Crippen LogP) is 5.58. The van der Waals surface area contributed by atoms with Gasteiger partial charge in [0.25, 0.3) is 10.0 Å². The van der Waals surface area contributed by atoms with Gasteiger partial charge in [-0.2, -0.15) is 0 Å². The SMILES string of the molecule is CC[C@H](C(=O)NC)N(CCc1ccccc1)C(=O)CN(c1ccc(Oc2ccccc2)cc1)S(=O)(=O)c1ccc(C)cc1. The molecule has 1 N–H and O–H groups in total. The molecule has 0 fully saturated rings. The number of likely N-dealkylation sites (N-methyl/N-ethyl adjacent to an activating group) is 1. The van der Waals surface area contributed by atoms with Crippen LogP contribution in [0.25, 0.3) is 0 Å². The van der Waals surface area contributed by atoms with Gasteiger partial charge in [-0.3, -0.25) is 13.9 Å². The van der Waals surface area contributed by atoms with E-state index in [-0.39, 0.29) is 17.3 Å². The average molecular weight is 600 g/mol. The Morgan fingerprint density at radius 1 is 0.814 bits per heavy atom. The Balaban J connectivity index is 1.68. The lowest BCUT2D eigenvalue weighted by Gasteiger charge is -2.33. The van der Waals surface area contributed by atoms with Crippen molar-refractivity contribution in [1.29, 1.82) is 0 Å². The van der Waals surface area contributed by atoms with Crippen molar-refractivity contribution < 1.29 is 22.7 Å². The fraction of sp³-hybridized carbons (Fsp3) is 0.235. The Morgan fingerprint density at radius 3 is 1.98 bits per heavy atom. The zero-order valence-corrected chi connectivity index (χ0v) is 25.5. The number of ether oxygens (including phenoxy) is 1. The summed E-state index contributed by atoms with van der Waals surface area (Å²) < 4.78 is 35.0. The summed E-state index contributed by atoms with van der Waals surface area (Å²) in [6.07, 6.45) is 0.882. The summed E-state index contributed by atoms with van der Waals surface area (Å²) in [7, 11) is -2.63. The van der Waals surface area contributed by atoms with Gasteiger partial charge in [-0.05, 0) is 73.9 Å². The van der Waals surface area contributed by atoms with E-state index in [0.717, 1.165) is 15.4 Å². The van der Waals surface area contributed by atoms with Crippen LogP contribution in [0.4, 0.5) is 5.69 Å². The first-order valence-corrected chi connectivity index (χ1v) is 15.6. The standard InChI is InChI=1S/C34H37N3O5S/c1-4-32(34(39)35-3)36(24-23-27-11-7-5-8-12-27)33(38)25-37(43(40,41)31-21-15-26(2)16-22-31)28-17-19-30(20-18-28)42-29-13-9-6-10-14-29/h5-22,32H,4,23-25H2,1-3H3,(H,35,39)/t32-/m1/s1. The average Bonchev–Trinajstić information content (AvgIpc) is 3.03. The number of sulfonamides is 1. The largest absolute Gasteiger partial charge is 0.457 e. The minimum absolute atomic E-state index is 0.0599. The molecular weight excluding hydrogens is 562 g/mol. The van der Waals surface area contributed by atoms with Gasteiger partial charge < -0.3 is 15.0 Å². The molecule has 4 aromatic rings. The monoisotopic (exact) mass is 599 g/mol. The number of nitrogens with zero attached hydrogens (tertiary/aromatic N) is 2. The number of amides is 2. The van der Waals surface area contributed by atoms with E-state index in [0.29, 0.717) is 30.0 Å². The number of para-hydroxylation sites is 1. The topological polar surface area (TPSA) is 96.0 Å². The highest BCUT2D eigenvalue weighted by molar-refractivity contribution is 7.92. The van der Waals surface area contributed by atoms with Crippen LogP contribution in [-0.2, 0) is 26.0 Å². The van der Waals surface area contributed by atoms with E-state index in [9.17, 15) is 18.0 Å². The molecule has 0 saturated carbocycles. The number of benzene rings is 4. The maximum absolute atomic E-state index is 14.0. The molecule has 0 aliphatic rings. The first-order valence-electron chi connectivity index (χ1n) is 14.2. The number of nitrogens with one attached hydrogen (secondary N) is 1. The van der Waals surface area contributed by atoms with Crippen molar-refractivity contribution in [3.63, 3.8) is 0 Å². The molecule has 9 heteroatoms. The molecule has 0 aliphatic carbocycles. The molecule has 0 saturated heterocycles. The quantitative estimate of drug-likeness (QED) is 0.217. The lowest BCUT2D eigenvalue weighted by atomic mass is 10.1. The third-order valence-electron chi connectivity index (χ3n) is 7.11. The van der Waals surface area contributed by atoms with Gasteiger partial charge in [0.1, 0.15) is 24.1 Å². The Hall–Kier alpha value is -4.63. The molecule has 4 aromatic carbocycles. The van der Waals surface area contributed by atoms with Crippen molar-refractivity contribution in [1.82, 2.24) is 10.2 Å². The van der Waals surface area contributed by atoms with Crippen LogP contribution in [0.15, 0.2) is 114 Å². The molecule has 8 nitrogen and oxygen atoms in total. The van der Waals surface area contributed by atoms with Crippen LogP contribution in [0.1, 0.15) is 24.5 Å². The Morgan fingerprint density at radius 2 is 1.40 bits per heavy atom. The third kappa shape index (κ3) is 8.02.